The van der Waals surface area contributed by atoms with Crippen LogP contribution < -0.4 is 5.32 Å². The Morgan fingerprint density at radius 3 is 2.58 bits per heavy atom. The van der Waals surface area contributed by atoms with E-state index in [2.05, 4.69) is 15.5 Å². The molecule has 102 valence electrons. The number of rotatable bonds is 4. The fourth-order valence-electron chi connectivity index (χ4n) is 2.05. The first-order chi connectivity index (χ1) is 9.01. The summed E-state index contributed by atoms with van der Waals surface area (Å²) in [7, 11) is 0. The predicted octanol–water partition coefficient (Wildman–Crippen LogP) is 1.66. The number of carbonyl (C=O) groups excluding carboxylic acids is 1. The summed E-state index contributed by atoms with van der Waals surface area (Å²) in [5.74, 6) is -0.0926. The molecule has 0 aromatic carbocycles. The predicted molar refractivity (Wildman–Crippen MR) is 73.0 cm³/mol. The molecule has 0 aliphatic rings. The van der Waals surface area contributed by atoms with Crippen LogP contribution in [0.25, 0.3) is 0 Å². The van der Waals surface area contributed by atoms with Crippen LogP contribution in [0.5, 0.6) is 0 Å². The van der Waals surface area contributed by atoms with E-state index < -0.39 is 0 Å². The lowest BCUT2D eigenvalue weighted by atomic mass is 10.3. The van der Waals surface area contributed by atoms with Gasteiger partial charge in [-0.3, -0.25) is 14.2 Å². The number of nitrogens with zero attached hydrogens (tertiary/aromatic N) is 4. The van der Waals surface area contributed by atoms with Crippen molar-refractivity contribution in [2.75, 3.05) is 5.32 Å². The van der Waals surface area contributed by atoms with Crippen LogP contribution >= 0.6 is 0 Å². The maximum Gasteiger partial charge on any atom is 0.246 e. The lowest BCUT2D eigenvalue weighted by Gasteiger charge is -2.06. The van der Waals surface area contributed by atoms with E-state index in [-0.39, 0.29) is 12.5 Å². The molecule has 0 spiro atoms. The van der Waals surface area contributed by atoms with E-state index in [4.69, 9.17) is 0 Å². The average molecular weight is 261 g/mol. The number of aromatic nitrogens is 4. The smallest absolute Gasteiger partial charge is 0.246 e. The third kappa shape index (κ3) is 2.83. The van der Waals surface area contributed by atoms with E-state index in [0.29, 0.717) is 0 Å². The van der Waals surface area contributed by atoms with Gasteiger partial charge in [0.25, 0.3) is 0 Å². The Labute approximate surface area is 112 Å². The van der Waals surface area contributed by atoms with Crippen LogP contribution in [-0.2, 0) is 17.9 Å². The lowest BCUT2D eigenvalue weighted by molar-refractivity contribution is -0.116. The summed E-state index contributed by atoms with van der Waals surface area (Å²) in [6.45, 7) is 8.82. The second kappa shape index (κ2) is 5.26. The maximum absolute atomic E-state index is 12.0. The van der Waals surface area contributed by atoms with Gasteiger partial charge in [0.1, 0.15) is 6.54 Å². The van der Waals surface area contributed by atoms with Crippen LogP contribution in [0.3, 0.4) is 0 Å². The molecule has 0 saturated heterocycles. The quantitative estimate of drug-likeness (QED) is 0.910. The van der Waals surface area contributed by atoms with Crippen LogP contribution in [0.2, 0.25) is 0 Å². The average Bonchev–Trinajstić information content (AvgIpc) is 2.84. The summed E-state index contributed by atoms with van der Waals surface area (Å²) in [4.78, 5) is 12.0. The van der Waals surface area contributed by atoms with Gasteiger partial charge in [0.15, 0.2) is 0 Å². The molecular formula is C13H19N5O. The molecule has 0 fully saturated rings. The molecule has 0 aliphatic heterocycles. The summed E-state index contributed by atoms with van der Waals surface area (Å²) in [6.07, 6.45) is 1.68. The van der Waals surface area contributed by atoms with Crippen LogP contribution in [0.4, 0.5) is 5.69 Å². The van der Waals surface area contributed by atoms with E-state index in [1.807, 2.05) is 38.4 Å². The molecule has 19 heavy (non-hydrogen) atoms. The van der Waals surface area contributed by atoms with Gasteiger partial charge in [-0.05, 0) is 33.8 Å². The standard InChI is InChI=1S/C13H19N5O/c1-5-17-11(4)12(7-14-17)15-13(19)8-18-10(3)6-9(2)16-18/h6-7H,5,8H2,1-4H3,(H,15,19). The fraction of sp³-hybridized carbons (Fsp3) is 0.462. The number of carbonyl (C=O) groups is 1. The minimum Gasteiger partial charge on any atom is -0.322 e. The molecule has 0 bridgehead atoms. The highest BCUT2D eigenvalue weighted by Gasteiger charge is 2.11. The molecular weight excluding hydrogens is 242 g/mol. The van der Waals surface area contributed by atoms with Gasteiger partial charge in [-0.1, -0.05) is 0 Å². The highest BCUT2D eigenvalue weighted by molar-refractivity contribution is 5.90. The van der Waals surface area contributed by atoms with Crippen LogP contribution in [0.1, 0.15) is 24.0 Å². The largest absolute Gasteiger partial charge is 0.322 e. The Balaban J connectivity index is 2.05. The summed E-state index contributed by atoms with van der Waals surface area (Å²) in [5.41, 5.74) is 3.62. The molecule has 2 aromatic rings. The monoisotopic (exact) mass is 261 g/mol. The maximum atomic E-state index is 12.0. The van der Waals surface area contributed by atoms with E-state index >= 15 is 0 Å². The summed E-state index contributed by atoms with van der Waals surface area (Å²) in [6, 6.07) is 1.95. The first kappa shape index (κ1) is 13.3. The Hall–Kier alpha value is -2.11. The van der Waals surface area contributed by atoms with Gasteiger partial charge < -0.3 is 5.32 Å². The Kier molecular flexibility index (Phi) is 3.69. The van der Waals surface area contributed by atoms with Crippen molar-refractivity contribution in [1.82, 2.24) is 19.6 Å². The van der Waals surface area contributed by atoms with Crippen molar-refractivity contribution in [2.45, 2.75) is 40.8 Å². The van der Waals surface area contributed by atoms with Crippen LogP contribution in [-0.4, -0.2) is 25.5 Å². The zero-order valence-electron chi connectivity index (χ0n) is 11.8. The molecule has 0 radical (unpaired) electrons. The second-order valence-electron chi connectivity index (χ2n) is 4.59. The zero-order valence-corrected chi connectivity index (χ0v) is 11.8. The molecule has 2 aromatic heterocycles. The van der Waals surface area contributed by atoms with Crippen molar-refractivity contribution in [1.29, 1.82) is 0 Å². The van der Waals surface area contributed by atoms with Gasteiger partial charge in [-0.15, -0.1) is 0 Å². The first-order valence-corrected chi connectivity index (χ1v) is 6.34. The summed E-state index contributed by atoms with van der Waals surface area (Å²) >= 11 is 0. The van der Waals surface area contributed by atoms with E-state index in [0.717, 1.165) is 29.3 Å². The molecule has 1 amide bonds. The first-order valence-electron chi connectivity index (χ1n) is 6.34. The molecule has 0 aliphatic carbocycles. The molecule has 6 nitrogen and oxygen atoms in total. The second-order valence-corrected chi connectivity index (χ2v) is 4.59. The molecule has 0 unspecified atom stereocenters. The van der Waals surface area contributed by atoms with E-state index in [1.165, 1.54) is 0 Å². The third-order valence-corrected chi connectivity index (χ3v) is 3.07. The number of aryl methyl sites for hydroxylation is 3. The van der Waals surface area contributed by atoms with E-state index in [1.54, 1.807) is 10.9 Å². The third-order valence-electron chi connectivity index (χ3n) is 3.07. The molecule has 6 heteroatoms. The Bertz CT molecular complexity index is 596. The number of hydrogen-bond acceptors (Lipinski definition) is 3. The summed E-state index contributed by atoms with van der Waals surface area (Å²) < 4.78 is 3.54. The molecule has 0 saturated carbocycles. The SMILES string of the molecule is CCn1ncc(NC(=O)Cn2nc(C)cc2C)c1C. The van der Waals surface area contributed by atoms with Gasteiger partial charge in [-0.2, -0.15) is 10.2 Å². The number of nitrogens with one attached hydrogen (secondary N) is 1. The number of hydrogen-bond donors (Lipinski definition) is 1. The van der Waals surface area contributed by atoms with Gasteiger partial charge in [-0.25, -0.2) is 0 Å². The number of amides is 1. The van der Waals surface area contributed by atoms with Crippen molar-refractivity contribution < 1.29 is 4.79 Å². The fourth-order valence-corrected chi connectivity index (χ4v) is 2.05. The van der Waals surface area contributed by atoms with E-state index in [9.17, 15) is 4.79 Å². The minimum atomic E-state index is -0.0926. The van der Waals surface area contributed by atoms with Crippen molar-refractivity contribution >= 4 is 11.6 Å². The Morgan fingerprint density at radius 1 is 1.32 bits per heavy atom. The molecule has 0 atom stereocenters. The number of anilines is 1. The minimum absolute atomic E-state index is 0.0926. The summed E-state index contributed by atoms with van der Waals surface area (Å²) in [5, 5.41) is 11.3. The van der Waals surface area contributed by atoms with Gasteiger partial charge in [0, 0.05) is 12.2 Å². The normalized spacial score (nSPS) is 10.7. The van der Waals surface area contributed by atoms with Gasteiger partial charge in [0.2, 0.25) is 5.91 Å². The molecule has 2 rings (SSSR count). The lowest BCUT2D eigenvalue weighted by Crippen LogP contribution is -2.20. The van der Waals surface area contributed by atoms with Crippen LogP contribution in [0, 0.1) is 20.8 Å². The van der Waals surface area contributed by atoms with Crippen molar-refractivity contribution in [2.24, 2.45) is 0 Å². The molecule has 2 heterocycles. The molecule has 1 N–H and O–H groups in total. The van der Waals surface area contributed by atoms with Crippen molar-refractivity contribution in [3.63, 3.8) is 0 Å². The zero-order chi connectivity index (χ0) is 14.0. The highest BCUT2D eigenvalue weighted by atomic mass is 16.2. The van der Waals surface area contributed by atoms with Crippen molar-refractivity contribution in [3.8, 4) is 0 Å². The van der Waals surface area contributed by atoms with Gasteiger partial charge >= 0.3 is 0 Å². The van der Waals surface area contributed by atoms with Gasteiger partial charge in [0.05, 0.1) is 23.3 Å². The van der Waals surface area contributed by atoms with Crippen molar-refractivity contribution in [3.05, 3.63) is 29.3 Å². The topological polar surface area (TPSA) is 64.7 Å². The highest BCUT2D eigenvalue weighted by Crippen LogP contribution is 2.13. The Morgan fingerprint density at radius 2 is 2.05 bits per heavy atom. The van der Waals surface area contributed by atoms with Crippen LogP contribution in [0.15, 0.2) is 12.3 Å².